The Bertz CT molecular complexity index is 470. The van der Waals surface area contributed by atoms with Gasteiger partial charge in [-0.2, -0.15) is 0 Å². The largest absolute Gasteiger partial charge is 0.388 e. The summed E-state index contributed by atoms with van der Waals surface area (Å²) in [6.45, 7) is 0.813. The second kappa shape index (κ2) is 7.43. The standard InChI is InChI=1S/C16H24N2O3/c1-21-11-13-6-5-7-14(10-13)18-15(19)17-12-16(20)8-3-2-4-9-16/h5-7,10,20H,2-4,8-9,11-12H2,1H3,(H2,17,18,19). The van der Waals surface area contributed by atoms with Crippen molar-refractivity contribution < 1.29 is 14.6 Å². The number of benzene rings is 1. The summed E-state index contributed by atoms with van der Waals surface area (Å²) in [6.07, 6.45) is 4.74. The Balaban J connectivity index is 1.82. The van der Waals surface area contributed by atoms with Crippen molar-refractivity contribution in [3.8, 4) is 0 Å². The molecule has 0 aliphatic heterocycles. The molecular weight excluding hydrogens is 268 g/mol. The number of hydrogen-bond donors (Lipinski definition) is 3. The van der Waals surface area contributed by atoms with Crippen LogP contribution in [-0.2, 0) is 11.3 Å². The van der Waals surface area contributed by atoms with Crippen LogP contribution in [0.5, 0.6) is 0 Å². The third-order valence-electron chi connectivity index (χ3n) is 3.86. The molecule has 0 heterocycles. The van der Waals surface area contributed by atoms with Crippen molar-refractivity contribution in [1.82, 2.24) is 5.32 Å². The van der Waals surface area contributed by atoms with Crippen molar-refractivity contribution >= 4 is 11.7 Å². The molecule has 2 amide bonds. The summed E-state index contributed by atoms with van der Waals surface area (Å²) in [6, 6.07) is 7.23. The summed E-state index contributed by atoms with van der Waals surface area (Å²) in [7, 11) is 1.64. The second-order valence-electron chi connectivity index (χ2n) is 5.73. The van der Waals surface area contributed by atoms with Gasteiger partial charge in [0.15, 0.2) is 0 Å². The quantitative estimate of drug-likeness (QED) is 0.781. The van der Waals surface area contributed by atoms with Gasteiger partial charge in [0, 0.05) is 19.3 Å². The van der Waals surface area contributed by atoms with Gasteiger partial charge in [0.05, 0.1) is 12.2 Å². The molecule has 0 atom stereocenters. The summed E-state index contributed by atoms with van der Waals surface area (Å²) in [5.74, 6) is 0. The fourth-order valence-electron chi connectivity index (χ4n) is 2.71. The fraction of sp³-hybridized carbons (Fsp3) is 0.562. The number of hydrogen-bond acceptors (Lipinski definition) is 3. The Labute approximate surface area is 125 Å². The molecule has 1 aliphatic carbocycles. The maximum atomic E-state index is 11.9. The molecule has 0 unspecified atom stereocenters. The van der Waals surface area contributed by atoms with Gasteiger partial charge in [0.25, 0.3) is 0 Å². The number of urea groups is 1. The molecule has 1 saturated carbocycles. The first-order chi connectivity index (χ1) is 10.1. The number of methoxy groups -OCH3 is 1. The summed E-state index contributed by atoms with van der Waals surface area (Å²) in [5, 5.41) is 15.9. The van der Waals surface area contributed by atoms with Gasteiger partial charge in [0.1, 0.15) is 0 Å². The molecule has 1 fully saturated rings. The van der Waals surface area contributed by atoms with Gasteiger partial charge in [-0.05, 0) is 30.5 Å². The van der Waals surface area contributed by atoms with Crippen molar-refractivity contribution in [2.75, 3.05) is 19.0 Å². The molecule has 0 saturated heterocycles. The first-order valence-electron chi connectivity index (χ1n) is 7.46. The van der Waals surface area contributed by atoms with E-state index in [0.717, 1.165) is 36.9 Å². The predicted molar refractivity (Wildman–Crippen MR) is 82.2 cm³/mol. The summed E-state index contributed by atoms with van der Waals surface area (Å²) in [4.78, 5) is 11.9. The summed E-state index contributed by atoms with van der Waals surface area (Å²) in [5.41, 5.74) is 0.979. The molecule has 5 heteroatoms. The molecule has 0 radical (unpaired) electrons. The molecule has 1 aliphatic rings. The SMILES string of the molecule is COCc1cccc(NC(=O)NCC2(O)CCCCC2)c1. The average Bonchev–Trinajstić information content (AvgIpc) is 2.47. The molecule has 1 aromatic carbocycles. The van der Waals surface area contributed by atoms with Crippen LogP contribution < -0.4 is 10.6 Å². The summed E-state index contributed by atoms with van der Waals surface area (Å²) < 4.78 is 5.07. The van der Waals surface area contributed by atoms with Crippen molar-refractivity contribution in [3.05, 3.63) is 29.8 Å². The molecular formula is C16H24N2O3. The van der Waals surface area contributed by atoms with E-state index in [1.807, 2.05) is 24.3 Å². The highest BCUT2D eigenvalue weighted by molar-refractivity contribution is 5.89. The van der Waals surface area contributed by atoms with E-state index in [1.165, 1.54) is 6.42 Å². The minimum absolute atomic E-state index is 0.288. The number of rotatable bonds is 5. The average molecular weight is 292 g/mol. The number of nitrogens with one attached hydrogen (secondary N) is 2. The van der Waals surface area contributed by atoms with E-state index in [1.54, 1.807) is 7.11 Å². The molecule has 21 heavy (non-hydrogen) atoms. The number of carbonyl (C=O) groups is 1. The molecule has 0 bridgehead atoms. The zero-order valence-corrected chi connectivity index (χ0v) is 12.5. The third kappa shape index (κ3) is 5.02. The first kappa shape index (κ1) is 15.8. The second-order valence-corrected chi connectivity index (χ2v) is 5.73. The van der Waals surface area contributed by atoms with Gasteiger partial charge < -0.3 is 20.5 Å². The Morgan fingerprint density at radius 1 is 1.33 bits per heavy atom. The van der Waals surface area contributed by atoms with Crippen molar-refractivity contribution in [2.45, 2.75) is 44.3 Å². The third-order valence-corrected chi connectivity index (χ3v) is 3.86. The lowest BCUT2D eigenvalue weighted by Gasteiger charge is -2.32. The topological polar surface area (TPSA) is 70.6 Å². The number of carbonyl (C=O) groups excluding carboxylic acids is 1. The Hall–Kier alpha value is -1.59. The van der Waals surface area contributed by atoms with Crippen LogP contribution in [0.2, 0.25) is 0 Å². The van der Waals surface area contributed by atoms with Gasteiger partial charge in [-0.1, -0.05) is 31.4 Å². The highest BCUT2D eigenvalue weighted by Crippen LogP contribution is 2.27. The van der Waals surface area contributed by atoms with Crippen LogP contribution in [0.3, 0.4) is 0 Å². The van der Waals surface area contributed by atoms with E-state index in [4.69, 9.17) is 4.74 Å². The van der Waals surface area contributed by atoms with Gasteiger partial charge in [-0.3, -0.25) is 0 Å². The number of ether oxygens (including phenoxy) is 1. The van der Waals surface area contributed by atoms with Gasteiger partial charge in [-0.25, -0.2) is 4.79 Å². The fourth-order valence-corrected chi connectivity index (χ4v) is 2.71. The molecule has 0 spiro atoms. The van der Waals surface area contributed by atoms with Crippen molar-refractivity contribution in [1.29, 1.82) is 0 Å². The molecule has 1 aromatic rings. The maximum Gasteiger partial charge on any atom is 0.319 e. The molecule has 116 valence electrons. The number of anilines is 1. The van der Waals surface area contributed by atoms with Crippen molar-refractivity contribution in [3.63, 3.8) is 0 Å². The van der Waals surface area contributed by atoms with Crippen LogP contribution in [-0.4, -0.2) is 30.4 Å². The predicted octanol–water partition coefficient (Wildman–Crippen LogP) is 2.65. The van der Waals surface area contributed by atoms with Gasteiger partial charge in [-0.15, -0.1) is 0 Å². The van der Waals surface area contributed by atoms with E-state index in [-0.39, 0.29) is 6.03 Å². The zero-order valence-electron chi connectivity index (χ0n) is 12.5. The Morgan fingerprint density at radius 2 is 2.10 bits per heavy atom. The van der Waals surface area contributed by atoms with Gasteiger partial charge in [0.2, 0.25) is 0 Å². The van der Waals surface area contributed by atoms with E-state index >= 15 is 0 Å². The van der Waals surface area contributed by atoms with E-state index in [0.29, 0.717) is 13.2 Å². The van der Waals surface area contributed by atoms with Crippen LogP contribution in [0.15, 0.2) is 24.3 Å². The van der Waals surface area contributed by atoms with E-state index < -0.39 is 5.60 Å². The minimum atomic E-state index is -0.743. The first-order valence-corrected chi connectivity index (χ1v) is 7.46. The smallest absolute Gasteiger partial charge is 0.319 e. The lowest BCUT2D eigenvalue weighted by atomic mass is 9.85. The normalized spacial score (nSPS) is 17.2. The van der Waals surface area contributed by atoms with E-state index in [2.05, 4.69) is 10.6 Å². The monoisotopic (exact) mass is 292 g/mol. The highest BCUT2D eigenvalue weighted by atomic mass is 16.5. The molecule has 0 aromatic heterocycles. The maximum absolute atomic E-state index is 11.9. The lowest BCUT2D eigenvalue weighted by molar-refractivity contribution is 0.00755. The minimum Gasteiger partial charge on any atom is -0.388 e. The molecule has 3 N–H and O–H groups in total. The van der Waals surface area contributed by atoms with E-state index in [9.17, 15) is 9.90 Å². The Morgan fingerprint density at radius 3 is 2.81 bits per heavy atom. The summed E-state index contributed by atoms with van der Waals surface area (Å²) >= 11 is 0. The van der Waals surface area contributed by atoms with Crippen LogP contribution in [0, 0.1) is 0 Å². The van der Waals surface area contributed by atoms with Crippen molar-refractivity contribution in [2.24, 2.45) is 0 Å². The molecule has 2 rings (SSSR count). The van der Waals surface area contributed by atoms with Crippen LogP contribution in [0.1, 0.15) is 37.7 Å². The van der Waals surface area contributed by atoms with Crippen LogP contribution in [0.25, 0.3) is 0 Å². The number of amides is 2. The molecule has 5 nitrogen and oxygen atoms in total. The Kier molecular flexibility index (Phi) is 5.59. The zero-order chi connectivity index (χ0) is 15.1. The van der Waals surface area contributed by atoms with Crippen LogP contribution in [0.4, 0.5) is 10.5 Å². The van der Waals surface area contributed by atoms with Crippen LogP contribution >= 0.6 is 0 Å². The lowest BCUT2D eigenvalue weighted by Crippen LogP contribution is -2.45. The number of aliphatic hydroxyl groups is 1. The van der Waals surface area contributed by atoms with Gasteiger partial charge >= 0.3 is 6.03 Å². The highest BCUT2D eigenvalue weighted by Gasteiger charge is 2.29.